The molecule has 5 aliphatic rings. The second kappa shape index (κ2) is 7.43. The molecule has 0 N–H and O–H groups in total. The minimum atomic E-state index is -0.614. The molecular formula is C32H46N2O2. The number of fused-ring (bicyclic) bond motifs is 7. The molecule has 0 bridgehead atoms. The Kier molecular flexibility index (Phi) is 5.35. The van der Waals surface area contributed by atoms with Crippen molar-refractivity contribution in [3.05, 3.63) is 23.3 Å². The molecule has 0 heterocycles. The van der Waals surface area contributed by atoms with Crippen LogP contribution in [0.4, 0.5) is 0 Å². The molecule has 0 amide bonds. The lowest BCUT2D eigenvalue weighted by molar-refractivity contribution is -0.173. The van der Waals surface area contributed by atoms with Crippen molar-refractivity contribution in [2.24, 2.45) is 44.8 Å². The van der Waals surface area contributed by atoms with E-state index in [1.807, 2.05) is 26.0 Å². The number of rotatable bonds is 1. The number of Topliss-reactive ketones (excluding diaryl/α,β-unsaturated/α-hetero) is 1. The summed E-state index contributed by atoms with van der Waals surface area (Å²) in [6.07, 6.45) is 11.6. The molecule has 0 aromatic rings. The molecule has 36 heavy (non-hydrogen) atoms. The summed E-state index contributed by atoms with van der Waals surface area (Å²) >= 11 is 0. The van der Waals surface area contributed by atoms with E-state index >= 15 is 0 Å². The van der Waals surface area contributed by atoms with Gasteiger partial charge in [-0.25, -0.2) is 0 Å². The van der Waals surface area contributed by atoms with Crippen LogP contribution in [-0.4, -0.2) is 36.1 Å². The van der Waals surface area contributed by atoms with E-state index in [2.05, 4.69) is 59.7 Å². The van der Waals surface area contributed by atoms with Gasteiger partial charge in [-0.3, -0.25) is 9.59 Å². The van der Waals surface area contributed by atoms with Crippen molar-refractivity contribution in [2.75, 3.05) is 14.1 Å². The summed E-state index contributed by atoms with van der Waals surface area (Å²) in [6, 6.07) is 2.21. The van der Waals surface area contributed by atoms with Crippen molar-refractivity contribution in [3.63, 3.8) is 0 Å². The van der Waals surface area contributed by atoms with Gasteiger partial charge in [-0.05, 0) is 93.2 Å². The van der Waals surface area contributed by atoms with E-state index in [0.29, 0.717) is 11.7 Å². The molecule has 3 fully saturated rings. The number of carbonyl (C=O) groups is 2. The van der Waals surface area contributed by atoms with Crippen LogP contribution in [0.5, 0.6) is 0 Å². The summed E-state index contributed by atoms with van der Waals surface area (Å²) in [4.78, 5) is 30.1. The van der Waals surface area contributed by atoms with E-state index in [4.69, 9.17) is 0 Å². The van der Waals surface area contributed by atoms with Crippen LogP contribution < -0.4 is 0 Å². The SMILES string of the molecule is CN(C)[C@]12CCC(C)(C)CC1C1C(=O)C=C3[C@@]4(C)C=C(C#N)C(=O)C(C)(C)[C@@H]4CC[C@@]3(C)[C@]1(C)CC2. The summed E-state index contributed by atoms with van der Waals surface area (Å²) in [5, 5.41) is 9.88. The van der Waals surface area contributed by atoms with Gasteiger partial charge in [0.2, 0.25) is 0 Å². The average molecular weight is 491 g/mol. The molecule has 5 rings (SSSR count). The molecule has 4 nitrogen and oxygen atoms in total. The first kappa shape index (κ1) is 25.9. The van der Waals surface area contributed by atoms with Crippen LogP contribution in [0.1, 0.15) is 93.4 Å². The predicted molar refractivity (Wildman–Crippen MR) is 143 cm³/mol. The first-order valence-corrected chi connectivity index (χ1v) is 14.1. The highest BCUT2D eigenvalue weighted by molar-refractivity contribution is 6.04. The maximum absolute atomic E-state index is 14.4. The van der Waals surface area contributed by atoms with Crippen LogP contribution in [0, 0.1) is 56.2 Å². The summed E-state index contributed by atoms with van der Waals surface area (Å²) in [5.41, 5.74) is 0.458. The number of nitrogens with zero attached hydrogens (tertiary/aromatic N) is 2. The van der Waals surface area contributed by atoms with E-state index in [9.17, 15) is 14.9 Å². The summed E-state index contributed by atoms with van der Waals surface area (Å²) in [6.45, 7) is 15.8. The van der Waals surface area contributed by atoms with Crippen LogP contribution in [0.15, 0.2) is 23.3 Å². The summed E-state index contributed by atoms with van der Waals surface area (Å²) < 4.78 is 0. The highest BCUT2D eigenvalue weighted by atomic mass is 16.1. The van der Waals surface area contributed by atoms with Crippen LogP contribution in [-0.2, 0) is 9.59 Å². The number of ketones is 2. The fourth-order valence-electron chi connectivity index (χ4n) is 10.4. The Morgan fingerprint density at radius 1 is 0.944 bits per heavy atom. The number of allylic oxidation sites excluding steroid dienone is 4. The first-order chi connectivity index (χ1) is 16.5. The first-order valence-electron chi connectivity index (χ1n) is 14.1. The number of hydrogen-bond acceptors (Lipinski definition) is 4. The molecule has 2 unspecified atom stereocenters. The number of carbonyl (C=O) groups excluding carboxylic acids is 2. The van der Waals surface area contributed by atoms with Gasteiger partial charge in [-0.1, -0.05) is 60.1 Å². The zero-order valence-electron chi connectivity index (χ0n) is 24.0. The maximum atomic E-state index is 14.4. The van der Waals surface area contributed by atoms with Gasteiger partial charge in [0, 0.05) is 22.3 Å². The fraction of sp³-hybridized carbons (Fsp3) is 0.781. The Balaban J connectivity index is 1.70. The molecule has 0 aliphatic heterocycles. The second-order valence-corrected chi connectivity index (χ2v) is 15.3. The van der Waals surface area contributed by atoms with Crippen molar-refractivity contribution in [3.8, 4) is 6.07 Å². The zero-order valence-corrected chi connectivity index (χ0v) is 24.0. The third-order valence-electron chi connectivity index (χ3n) is 12.7. The minimum absolute atomic E-state index is 0.0137. The zero-order chi connectivity index (χ0) is 26.7. The second-order valence-electron chi connectivity index (χ2n) is 15.3. The normalized spacial score (nSPS) is 47.0. The van der Waals surface area contributed by atoms with Gasteiger partial charge >= 0.3 is 0 Å². The topological polar surface area (TPSA) is 61.2 Å². The lowest BCUT2D eigenvalue weighted by Crippen LogP contribution is -2.68. The van der Waals surface area contributed by atoms with E-state index < -0.39 is 10.8 Å². The Bertz CT molecular complexity index is 1140. The van der Waals surface area contributed by atoms with Crippen molar-refractivity contribution in [1.29, 1.82) is 5.26 Å². The van der Waals surface area contributed by atoms with Gasteiger partial charge < -0.3 is 4.90 Å². The Morgan fingerprint density at radius 2 is 1.58 bits per heavy atom. The molecule has 3 saturated carbocycles. The van der Waals surface area contributed by atoms with Gasteiger partial charge in [-0.2, -0.15) is 5.26 Å². The molecule has 0 radical (unpaired) electrons. The Labute approximate surface area is 218 Å². The molecule has 5 aliphatic carbocycles. The van der Waals surface area contributed by atoms with Crippen LogP contribution in [0.25, 0.3) is 0 Å². The van der Waals surface area contributed by atoms with E-state index in [-0.39, 0.29) is 45.0 Å². The van der Waals surface area contributed by atoms with Gasteiger partial charge in [0.1, 0.15) is 6.07 Å². The third kappa shape index (κ3) is 2.96. The van der Waals surface area contributed by atoms with Gasteiger partial charge in [0.05, 0.1) is 5.57 Å². The van der Waals surface area contributed by atoms with Crippen LogP contribution in [0.2, 0.25) is 0 Å². The molecule has 4 heteroatoms. The van der Waals surface area contributed by atoms with Crippen LogP contribution in [0.3, 0.4) is 0 Å². The molecule has 0 aromatic carbocycles. The summed E-state index contributed by atoms with van der Waals surface area (Å²) in [5.74, 6) is 0.708. The fourth-order valence-corrected chi connectivity index (χ4v) is 10.4. The largest absolute Gasteiger partial charge is 0.303 e. The minimum Gasteiger partial charge on any atom is -0.303 e. The number of nitriles is 1. The lowest BCUT2D eigenvalue weighted by atomic mass is 9.35. The van der Waals surface area contributed by atoms with Crippen molar-refractivity contribution < 1.29 is 9.59 Å². The van der Waals surface area contributed by atoms with Crippen molar-refractivity contribution in [1.82, 2.24) is 4.90 Å². The monoisotopic (exact) mass is 490 g/mol. The molecule has 7 atom stereocenters. The van der Waals surface area contributed by atoms with Crippen molar-refractivity contribution >= 4 is 11.6 Å². The van der Waals surface area contributed by atoms with E-state index in [0.717, 1.165) is 38.5 Å². The molecular weight excluding hydrogens is 444 g/mol. The quantitative estimate of drug-likeness (QED) is 0.420. The lowest BCUT2D eigenvalue weighted by Gasteiger charge is -2.70. The smallest absolute Gasteiger partial charge is 0.178 e. The predicted octanol–water partition coefficient (Wildman–Crippen LogP) is 6.52. The average Bonchev–Trinajstić information content (AvgIpc) is 2.77. The maximum Gasteiger partial charge on any atom is 0.178 e. The number of hydrogen-bond donors (Lipinski definition) is 0. The highest BCUT2D eigenvalue weighted by Crippen LogP contribution is 2.73. The third-order valence-corrected chi connectivity index (χ3v) is 12.7. The van der Waals surface area contributed by atoms with Gasteiger partial charge in [0.25, 0.3) is 0 Å². The molecule has 0 spiro atoms. The summed E-state index contributed by atoms with van der Waals surface area (Å²) in [7, 11) is 4.46. The molecule has 0 saturated heterocycles. The van der Waals surface area contributed by atoms with Crippen molar-refractivity contribution in [2.45, 2.75) is 99.0 Å². The Morgan fingerprint density at radius 3 is 2.19 bits per heavy atom. The molecule has 0 aromatic heterocycles. The van der Waals surface area contributed by atoms with Gasteiger partial charge in [-0.15, -0.1) is 0 Å². The standard InChI is InChI=1S/C32H46N2O2/c1-27(2)12-14-32(34(8)9)15-13-31(7)25(21(32)18-27)22(35)16-24-29(5)17-20(19-33)26(36)28(3,4)23(29)10-11-30(24,31)6/h16-17,21,23,25H,10-15,18H2,1-9H3/t21?,23-,25?,29-,30+,31+,32-/m0/s1. The van der Waals surface area contributed by atoms with E-state index in [1.54, 1.807) is 0 Å². The van der Waals surface area contributed by atoms with Gasteiger partial charge in [0.15, 0.2) is 11.6 Å². The van der Waals surface area contributed by atoms with Crippen LogP contribution >= 0.6 is 0 Å². The molecule has 196 valence electrons. The van der Waals surface area contributed by atoms with E-state index in [1.165, 1.54) is 12.0 Å². The Hall–Kier alpha value is -1.73. The highest BCUT2D eigenvalue weighted by Gasteiger charge is 2.70.